The fourth-order valence-electron chi connectivity index (χ4n) is 1.39. The van der Waals surface area contributed by atoms with Crippen LogP contribution in [0.15, 0.2) is 0 Å². The SMILES string of the molecule is CCOCCCCC(=O)N(C)CCC(C)C. The number of unbranched alkanes of at least 4 members (excludes halogenated alkanes) is 1. The zero-order chi connectivity index (χ0) is 12.4. The van der Waals surface area contributed by atoms with Crippen LogP contribution in [0.25, 0.3) is 0 Å². The Morgan fingerprint density at radius 3 is 2.56 bits per heavy atom. The van der Waals surface area contributed by atoms with E-state index in [1.807, 2.05) is 18.9 Å². The molecule has 1 amide bonds. The molecule has 3 heteroatoms. The van der Waals surface area contributed by atoms with E-state index < -0.39 is 0 Å². The minimum absolute atomic E-state index is 0.261. The molecule has 0 unspecified atom stereocenters. The summed E-state index contributed by atoms with van der Waals surface area (Å²) >= 11 is 0. The van der Waals surface area contributed by atoms with E-state index in [-0.39, 0.29) is 5.91 Å². The number of hydrogen-bond acceptors (Lipinski definition) is 2. The first-order valence-electron chi connectivity index (χ1n) is 6.39. The van der Waals surface area contributed by atoms with Crippen molar-refractivity contribution in [2.24, 2.45) is 5.92 Å². The minimum Gasteiger partial charge on any atom is -0.382 e. The molecule has 0 aromatic heterocycles. The predicted octanol–water partition coefficient (Wildman–Crippen LogP) is 2.70. The zero-order valence-corrected chi connectivity index (χ0v) is 11.3. The van der Waals surface area contributed by atoms with E-state index in [1.54, 1.807) is 0 Å². The predicted molar refractivity (Wildman–Crippen MR) is 67.4 cm³/mol. The van der Waals surface area contributed by atoms with E-state index in [2.05, 4.69) is 13.8 Å². The van der Waals surface area contributed by atoms with Crippen LogP contribution < -0.4 is 0 Å². The van der Waals surface area contributed by atoms with Crippen LogP contribution in [0.4, 0.5) is 0 Å². The molecule has 0 saturated heterocycles. The summed E-state index contributed by atoms with van der Waals surface area (Å²) in [5.41, 5.74) is 0. The van der Waals surface area contributed by atoms with Crippen molar-refractivity contribution in [1.29, 1.82) is 0 Å². The summed E-state index contributed by atoms with van der Waals surface area (Å²) in [5.74, 6) is 0.922. The largest absolute Gasteiger partial charge is 0.382 e. The van der Waals surface area contributed by atoms with E-state index in [1.165, 1.54) is 0 Å². The molecule has 96 valence electrons. The topological polar surface area (TPSA) is 29.5 Å². The van der Waals surface area contributed by atoms with Crippen LogP contribution in [-0.2, 0) is 9.53 Å². The molecule has 0 aromatic rings. The van der Waals surface area contributed by atoms with Crippen LogP contribution in [0.3, 0.4) is 0 Å². The average Bonchev–Trinajstić information content (AvgIpc) is 2.25. The Morgan fingerprint density at radius 1 is 1.31 bits per heavy atom. The quantitative estimate of drug-likeness (QED) is 0.569. The van der Waals surface area contributed by atoms with Crippen molar-refractivity contribution in [3.8, 4) is 0 Å². The second-order valence-electron chi connectivity index (χ2n) is 4.65. The fraction of sp³-hybridized carbons (Fsp3) is 0.923. The Kier molecular flexibility index (Phi) is 9.30. The van der Waals surface area contributed by atoms with Gasteiger partial charge in [0.05, 0.1) is 0 Å². The first-order valence-corrected chi connectivity index (χ1v) is 6.39. The van der Waals surface area contributed by atoms with Gasteiger partial charge in [0.1, 0.15) is 0 Å². The van der Waals surface area contributed by atoms with Crippen LogP contribution in [-0.4, -0.2) is 37.6 Å². The van der Waals surface area contributed by atoms with Gasteiger partial charge in [0.25, 0.3) is 0 Å². The van der Waals surface area contributed by atoms with E-state index >= 15 is 0 Å². The lowest BCUT2D eigenvalue weighted by Gasteiger charge is -2.18. The molecule has 0 heterocycles. The summed E-state index contributed by atoms with van der Waals surface area (Å²) in [4.78, 5) is 13.5. The van der Waals surface area contributed by atoms with Crippen LogP contribution in [0.2, 0.25) is 0 Å². The summed E-state index contributed by atoms with van der Waals surface area (Å²) < 4.78 is 5.23. The highest BCUT2D eigenvalue weighted by molar-refractivity contribution is 5.75. The number of rotatable bonds is 9. The Labute approximate surface area is 100 Å². The third kappa shape index (κ3) is 8.72. The van der Waals surface area contributed by atoms with Gasteiger partial charge in [-0.2, -0.15) is 0 Å². The molecule has 0 fully saturated rings. The zero-order valence-electron chi connectivity index (χ0n) is 11.3. The van der Waals surface area contributed by atoms with Crippen molar-refractivity contribution in [3.05, 3.63) is 0 Å². The maximum atomic E-state index is 11.7. The van der Waals surface area contributed by atoms with E-state index in [0.29, 0.717) is 12.3 Å². The van der Waals surface area contributed by atoms with Crippen molar-refractivity contribution in [1.82, 2.24) is 4.90 Å². The molecule has 0 radical (unpaired) electrons. The smallest absolute Gasteiger partial charge is 0.222 e. The Hall–Kier alpha value is -0.570. The highest BCUT2D eigenvalue weighted by atomic mass is 16.5. The van der Waals surface area contributed by atoms with Crippen LogP contribution in [0.5, 0.6) is 0 Å². The maximum Gasteiger partial charge on any atom is 0.222 e. The number of ether oxygens (including phenoxy) is 1. The number of carbonyl (C=O) groups is 1. The van der Waals surface area contributed by atoms with Gasteiger partial charge in [-0.05, 0) is 32.1 Å². The Bertz CT molecular complexity index is 181. The van der Waals surface area contributed by atoms with Crippen LogP contribution >= 0.6 is 0 Å². The first-order chi connectivity index (χ1) is 7.57. The molecule has 0 aliphatic heterocycles. The molecule has 16 heavy (non-hydrogen) atoms. The molecule has 0 spiro atoms. The number of nitrogens with zero attached hydrogens (tertiary/aromatic N) is 1. The van der Waals surface area contributed by atoms with Crippen molar-refractivity contribution < 1.29 is 9.53 Å². The molecule has 0 aliphatic carbocycles. The fourth-order valence-corrected chi connectivity index (χ4v) is 1.39. The normalized spacial score (nSPS) is 10.8. The van der Waals surface area contributed by atoms with Gasteiger partial charge >= 0.3 is 0 Å². The van der Waals surface area contributed by atoms with Crippen molar-refractivity contribution in [3.63, 3.8) is 0 Å². The average molecular weight is 229 g/mol. The molecule has 0 atom stereocenters. The summed E-state index contributed by atoms with van der Waals surface area (Å²) in [5, 5.41) is 0. The van der Waals surface area contributed by atoms with Crippen LogP contribution in [0, 0.1) is 5.92 Å². The van der Waals surface area contributed by atoms with Gasteiger partial charge in [-0.1, -0.05) is 13.8 Å². The second-order valence-corrected chi connectivity index (χ2v) is 4.65. The highest BCUT2D eigenvalue weighted by Gasteiger charge is 2.08. The Morgan fingerprint density at radius 2 is 2.00 bits per heavy atom. The molecule has 0 N–H and O–H groups in total. The molecule has 0 aliphatic rings. The summed E-state index contributed by atoms with van der Waals surface area (Å²) in [7, 11) is 1.90. The summed E-state index contributed by atoms with van der Waals surface area (Å²) in [6.07, 6.45) is 3.66. The molecule has 3 nitrogen and oxygen atoms in total. The number of hydrogen-bond donors (Lipinski definition) is 0. The monoisotopic (exact) mass is 229 g/mol. The van der Waals surface area contributed by atoms with Crippen molar-refractivity contribution >= 4 is 5.91 Å². The summed E-state index contributed by atoms with van der Waals surface area (Å²) in [6, 6.07) is 0. The van der Waals surface area contributed by atoms with Gasteiger partial charge in [0.15, 0.2) is 0 Å². The third-order valence-corrected chi connectivity index (χ3v) is 2.60. The minimum atomic E-state index is 0.261. The standard InChI is InChI=1S/C13H27NO2/c1-5-16-11-7-6-8-13(15)14(4)10-9-12(2)3/h12H,5-11H2,1-4H3. The lowest BCUT2D eigenvalue weighted by Crippen LogP contribution is -2.28. The van der Waals surface area contributed by atoms with Crippen molar-refractivity contribution in [2.45, 2.75) is 46.5 Å². The highest BCUT2D eigenvalue weighted by Crippen LogP contribution is 2.04. The van der Waals surface area contributed by atoms with Gasteiger partial charge in [0, 0.05) is 33.2 Å². The lowest BCUT2D eigenvalue weighted by molar-refractivity contribution is -0.130. The van der Waals surface area contributed by atoms with Gasteiger partial charge in [-0.15, -0.1) is 0 Å². The van der Waals surface area contributed by atoms with Crippen molar-refractivity contribution in [2.75, 3.05) is 26.8 Å². The van der Waals surface area contributed by atoms with E-state index in [4.69, 9.17) is 4.74 Å². The van der Waals surface area contributed by atoms with Crippen LogP contribution in [0.1, 0.15) is 46.5 Å². The lowest BCUT2D eigenvalue weighted by atomic mass is 10.1. The van der Waals surface area contributed by atoms with Gasteiger partial charge in [0.2, 0.25) is 5.91 Å². The molecule has 0 aromatic carbocycles. The summed E-state index contributed by atoms with van der Waals surface area (Å²) in [6.45, 7) is 8.77. The van der Waals surface area contributed by atoms with Gasteiger partial charge in [-0.3, -0.25) is 4.79 Å². The number of amides is 1. The molecule has 0 rings (SSSR count). The molecule has 0 bridgehead atoms. The first kappa shape index (κ1) is 15.4. The number of carbonyl (C=O) groups excluding carboxylic acids is 1. The Balaban J connectivity index is 3.47. The van der Waals surface area contributed by atoms with Gasteiger partial charge in [-0.25, -0.2) is 0 Å². The van der Waals surface area contributed by atoms with E-state index in [9.17, 15) is 4.79 Å². The second kappa shape index (κ2) is 9.64. The molecular formula is C13H27NO2. The molecule has 0 saturated carbocycles. The van der Waals surface area contributed by atoms with E-state index in [0.717, 1.165) is 39.0 Å². The molecular weight excluding hydrogens is 202 g/mol. The van der Waals surface area contributed by atoms with Gasteiger partial charge < -0.3 is 9.64 Å². The maximum absolute atomic E-state index is 11.7. The third-order valence-electron chi connectivity index (χ3n) is 2.60.